The Balaban J connectivity index is 2.14. The average Bonchev–Trinajstić information content (AvgIpc) is 2.40. The molecule has 0 aliphatic heterocycles. The van der Waals surface area contributed by atoms with Crippen LogP contribution in [0.4, 0.5) is 0 Å². The summed E-state index contributed by atoms with van der Waals surface area (Å²) in [6.45, 7) is 2.63. The van der Waals surface area contributed by atoms with E-state index in [0.29, 0.717) is 17.6 Å². The number of methoxy groups -OCH3 is 1. The summed E-state index contributed by atoms with van der Waals surface area (Å²) in [4.78, 5) is 8.32. The van der Waals surface area contributed by atoms with E-state index >= 15 is 0 Å². The van der Waals surface area contributed by atoms with Crippen LogP contribution in [0.15, 0.2) is 30.3 Å². The van der Waals surface area contributed by atoms with Crippen LogP contribution in [0.2, 0.25) is 0 Å². The zero-order chi connectivity index (χ0) is 13.7. The highest BCUT2D eigenvalue weighted by Gasteiger charge is 2.04. The number of rotatable bonds is 5. The van der Waals surface area contributed by atoms with E-state index in [-0.39, 0.29) is 0 Å². The molecule has 0 radical (unpaired) electrons. The molecule has 0 saturated carbocycles. The first kappa shape index (κ1) is 13.3. The van der Waals surface area contributed by atoms with Gasteiger partial charge in [0, 0.05) is 6.54 Å². The van der Waals surface area contributed by atoms with Crippen molar-refractivity contribution >= 4 is 0 Å². The molecule has 5 nitrogen and oxygen atoms in total. The van der Waals surface area contributed by atoms with Crippen molar-refractivity contribution in [2.24, 2.45) is 0 Å². The molecule has 0 spiro atoms. The Kier molecular flexibility index (Phi) is 4.30. The van der Waals surface area contributed by atoms with Crippen LogP contribution >= 0.6 is 0 Å². The van der Waals surface area contributed by atoms with Gasteiger partial charge >= 0.3 is 0 Å². The highest BCUT2D eigenvalue weighted by Crippen LogP contribution is 2.22. The number of benzene rings is 1. The van der Waals surface area contributed by atoms with Gasteiger partial charge in [-0.25, -0.2) is 0 Å². The van der Waals surface area contributed by atoms with E-state index in [1.54, 1.807) is 20.1 Å². The summed E-state index contributed by atoms with van der Waals surface area (Å²) < 4.78 is 10.8. The van der Waals surface area contributed by atoms with E-state index in [1.165, 1.54) is 5.56 Å². The Hall–Kier alpha value is -2.14. The molecular formula is C14H17N3O2. The summed E-state index contributed by atoms with van der Waals surface area (Å²) in [5, 5.41) is 3.10. The Morgan fingerprint density at radius 1 is 1.11 bits per heavy atom. The van der Waals surface area contributed by atoms with Crippen LogP contribution in [-0.2, 0) is 6.54 Å². The molecular weight excluding hydrogens is 242 g/mol. The first-order chi connectivity index (χ1) is 9.21. The molecule has 1 aromatic heterocycles. The van der Waals surface area contributed by atoms with Gasteiger partial charge in [0.1, 0.15) is 11.6 Å². The molecule has 2 aromatic rings. The molecule has 0 atom stereocenters. The second kappa shape index (κ2) is 6.15. The maximum Gasteiger partial charge on any atom is 0.226 e. The molecule has 0 fully saturated rings. The van der Waals surface area contributed by atoms with E-state index in [1.807, 2.05) is 31.3 Å². The molecule has 2 rings (SSSR count). The summed E-state index contributed by atoms with van der Waals surface area (Å²) in [6.07, 6.45) is 0. The fraction of sp³-hybridized carbons (Fsp3) is 0.286. The molecule has 0 aliphatic carbocycles. The van der Waals surface area contributed by atoms with Crippen molar-refractivity contribution in [2.45, 2.75) is 13.5 Å². The average molecular weight is 259 g/mol. The normalized spacial score (nSPS) is 10.3. The van der Waals surface area contributed by atoms with Crippen LogP contribution in [0.5, 0.6) is 17.5 Å². The van der Waals surface area contributed by atoms with Gasteiger partial charge in [-0.2, -0.15) is 9.97 Å². The van der Waals surface area contributed by atoms with Gasteiger partial charge in [-0.05, 0) is 31.7 Å². The lowest BCUT2D eigenvalue weighted by Crippen LogP contribution is -2.04. The van der Waals surface area contributed by atoms with Gasteiger partial charge in [-0.15, -0.1) is 0 Å². The smallest absolute Gasteiger partial charge is 0.226 e. The van der Waals surface area contributed by atoms with Crippen LogP contribution in [0.3, 0.4) is 0 Å². The van der Waals surface area contributed by atoms with Crippen molar-refractivity contribution in [1.29, 1.82) is 0 Å². The lowest BCUT2D eigenvalue weighted by molar-refractivity contribution is 0.386. The molecule has 19 heavy (non-hydrogen) atoms. The summed E-state index contributed by atoms with van der Waals surface area (Å²) in [7, 11) is 3.48. The van der Waals surface area contributed by atoms with Crippen LogP contribution in [0, 0.1) is 6.92 Å². The van der Waals surface area contributed by atoms with Crippen LogP contribution in [0.1, 0.15) is 11.4 Å². The second-order valence-corrected chi connectivity index (χ2v) is 4.07. The highest BCUT2D eigenvalue weighted by molar-refractivity contribution is 5.31. The third kappa shape index (κ3) is 3.66. The SMILES string of the molecule is CNCc1ccc(Oc2cc(OC)nc(C)n2)cc1. The number of nitrogens with one attached hydrogen (secondary N) is 1. The van der Waals surface area contributed by atoms with E-state index in [4.69, 9.17) is 9.47 Å². The number of nitrogens with zero attached hydrogens (tertiary/aromatic N) is 2. The largest absolute Gasteiger partial charge is 0.481 e. The Bertz CT molecular complexity index is 541. The molecule has 5 heteroatoms. The van der Waals surface area contributed by atoms with Crippen LogP contribution in [0.25, 0.3) is 0 Å². The molecule has 100 valence electrons. The van der Waals surface area contributed by atoms with Gasteiger partial charge in [0.25, 0.3) is 0 Å². The van der Waals surface area contributed by atoms with Gasteiger partial charge in [-0.3, -0.25) is 0 Å². The summed E-state index contributed by atoms with van der Waals surface area (Å²) >= 11 is 0. The fourth-order valence-corrected chi connectivity index (χ4v) is 1.67. The van der Waals surface area contributed by atoms with Crippen LogP contribution in [-0.4, -0.2) is 24.1 Å². The molecule has 0 bridgehead atoms. The second-order valence-electron chi connectivity index (χ2n) is 4.07. The zero-order valence-electron chi connectivity index (χ0n) is 11.3. The minimum atomic E-state index is 0.478. The molecule has 0 saturated heterocycles. The quantitative estimate of drug-likeness (QED) is 0.893. The topological polar surface area (TPSA) is 56.3 Å². The van der Waals surface area contributed by atoms with E-state index < -0.39 is 0 Å². The Morgan fingerprint density at radius 2 is 1.79 bits per heavy atom. The predicted molar refractivity (Wildman–Crippen MR) is 72.6 cm³/mol. The van der Waals surface area contributed by atoms with Crippen molar-refractivity contribution < 1.29 is 9.47 Å². The molecule has 0 aliphatic rings. The number of aromatic nitrogens is 2. The van der Waals surface area contributed by atoms with Crippen molar-refractivity contribution in [3.8, 4) is 17.5 Å². The number of ether oxygens (including phenoxy) is 2. The minimum Gasteiger partial charge on any atom is -0.481 e. The third-order valence-corrected chi connectivity index (χ3v) is 2.53. The third-order valence-electron chi connectivity index (χ3n) is 2.53. The van der Waals surface area contributed by atoms with Crippen molar-refractivity contribution in [1.82, 2.24) is 15.3 Å². The lowest BCUT2D eigenvalue weighted by Gasteiger charge is -2.07. The molecule has 1 aromatic carbocycles. The van der Waals surface area contributed by atoms with Crippen molar-refractivity contribution in [2.75, 3.05) is 14.2 Å². The maximum atomic E-state index is 5.68. The maximum absolute atomic E-state index is 5.68. The zero-order valence-corrected chi connectivity index (χ0v) is 11.3. The monoisotopic (exact) mass is 259 g/mol. The van der Waals surface area contributed by atoms with E-state index in [2.05, 4.69) is 15.3 Å². The summed E-state index contributed by atoms with van der Waals surface area (Å²) in [5.41, 5.74) is 1.20. The van der Waals surface area contributed by atoms with E-state index in [9.17, 15) is 0 Å². The minimum absolute atomic E-state index is 0.478. The predicted octanol–water partition coefficient (Wildman–Crippen LogP) is 2.31. The first-order valence-electron chi connectivity index (χ1n) is 6.02. The van der Waals surface area contributed by atoms with Crippen molar-refractivity contribution in [3.63, 3.8) is 0 Å². The lowest BCUT2D eigenvalue weighted by atomic mass is 10.2. The molecule has 1 heterocycles. The number of hydrogen-bond acceptors (Lipinski definition) is 5. The Labute approximate surface area is 112 Å². The van der Waals surface area contributed by atoms with Gasteiger partial charge in [0.05, 0.1) is 13.2 Å². The molecule has 1 N–H and O–H groups in total. The van der Waals surface area contributed by atoms with Gasteiger partial charge in [0.15, 0.2) is 0 Å². The standard InChI is InChI=1S/C14H17N3O2/c1-10-16-13(18-3)8-14(17-10)19-12-6-4-11(5-7-12)9-15-2/h4-8,15H,9H2,1-3H3. The first-order valence-corrected chi connectivity index (χ1v) is 6.02. The van der Waals surface area contributed by atoms with Crippen LogP contribution < -0.4 is 14.8 Å². The summed E-state index contributed by atoms with van der Waals surface area (Å²) in [6, 6.07) is 9.51. The van der Waals surface area contributed by atoms with Gasteiger partial charge in [-0.1, -0.05) is 12.1 Å². The van der Waals surface area contributed by atoms with Gasteiger partial charge < -0.3 is 14.8 Å². The number of hydrogen-bond donors (Lipinski definition) is 1. The summed E-state index contributed by atoms with van der Waals surface area (Å²) in [5.74, 6) is 2.32. The number of aryl methyl sites for hydroxylation is 1. The fourth-order valence-electron chi connectivity index (χ4n) is 1.67. The molecule has 0 unspecified atom stereocenters. The van der Waals surface area contributed by atoms with Gasteiger partial charge in [0.2, 0.25) is 11.8 Å². The van der Waals surface area contributed by atoms with E-state index in [0.717, 1.165) is 12.3 Å². The highest BCUT2D eigenvalue weighted by atomic mass is 16.5. The molecule has 0 amide bonds. The van der Waals surface area contributed by atoms with Crippen molar-refractivity contribution in [3.05, 3.63) is 41.7 Å². The Morgan fingerprint density at radius 3 is 2.42 bits per heavy atom.